The zero-order valence-electron chi connectivity index (χ0n) is 19.1. The number of aromatic nitrogens is 3. The van der Waals surface area contributed by atoms with Crippen LogP contribution < -0.4 is 10.1 Å². The molecule has 2 aromatic heterocycles. The maximum absolute atomic E-state index is 13.0. The van der Waals surface area contributed by atoms with Gasteiger partial charge in [-0.3, -0.25) is 9.78 Å². The summed E-state index contributed by atoms with van der Waals surface area (Å²) >= 11 is 12.2. The number of hydrogen-bond donors (Lipinski definition) is 1. The number of ether oxygens (including phenoxy) is 1. The number of hydrogen-bond acceptors (Lipinski definition) is 5. The molecule has 1 aromatic carbocycles. The number of pyridine rings is 1. The fraction of sp³-hybridized carbons (Fsp3) is 0.333. The monoisotopic (exact) mass is 526 g/mol. The third-order valence-corrected chi connectivity index (χ3v) is 5.91. The van der Waals surface area contributed by atoms with E-state index in [4.69, 9.17) is 27.9 Å². The van der Waals surface area contributed by atoms with E-state index in [9.17, 15) is 18.0 Å². The first-order chi connectivity index (χ1) is 16.4. The smallest absolute Gasteiger partial charge is 0.433 e. The maximum Gasteiger partial charge on any atom is 0.433 e. The van der Waals surface area contributed by atoms with Crippen molar-refractivity contribution in [3.05, 3.63) is 81.9 Å². The highest BCUT2D eigenvalue weighted by molar-refractivity contribution is 6.30. The van der Waals surface area contributed by atoms with Gasteiger partial charge in [-0.05, 0) is 55.2 Å². The molecule has 35 heavy (non-hydrogen) atoms. The lowest BCUT2D eigenvalue weighted by atomic mass is 9.83. The number of nitrogens with one attached hydrogen (secondary N) is 1. The van der Waals surface area contributed by atoms with Crippen molar-refractivity contribution in [1.29, 1.82) is 0 Å². The van der Waals surface area contributed by atoms with E-state index in [1.54, 1.807) is 24.4 Å². The molecule has 3 rings (SSSR count). The second-order valence-corrected chi connectivity index (χ2v) is 9.30. The van der Waals surface area contributed by atoms with Gasteiger partial charge in [0.05, 0.1) is 5.02 Å². The summed E-state index contributed by atoms with van der Waals surface area (Å²) in [6, 6.07) is 9.31. The predicted octanol–water partition coefficient (Wildman–Crippen LogP) is 6.06. The second-order valence-electron chi connectivity index (χ2n) is 8.43. The summed E-state index contributed by atoms with van der Waals surface area (Å²) in [5, 5.41) is 3.88. The molecule has 0 radical (unpaired) electrons. The standard InChI is InChI=1S/C24H23Cl2F3N4O2/c1-14(15-4-6-17(25)7-5-15)19(16-10-18(26)12-30-11-16)13-32-21(34)23(2,3)35-22-31-9-8-20(33-22)24(27,28)29/h4-12,14,19H,13H2,1-3H3,(H,32,34). The third kappa shape index (κ3) is 7.05. The van der Waals surface area contributed by atoms with E-state index < -0.39 is 29.4 Å². The minimum absolute atomic E-state index is 0.0661. The van der Waals surface area contributed by atoms with Gasteiger partial charge >= 0.3 is 12.2 Å². The molecule has 0 aliphatic rings. The molecular weight excluding hydrogens is 504 g/mol. The van der Waals surface area contributed by atoms with Crippen LogP contribution in [0.4, 0.5) is 13.2 Å². The number of halogens is 5. The van der Waals surface area contributed by atoms with Crippen LogP contribution in [0.3, 0.4) is 0 Å². The molecule has 0 aliphatic carbocycles. The van der Waals surface area contributed by atoms with Crippen LogP contribution in [-0.4, -0.2) is 33.0 Å². The van der Waals surface area contributed by atoms with E-state index in [-0.39, 0.29) is 18.4 Å². The normalized spacial score (nSPS) is 13.7. The SMILES string of the molecule is CC(c1ccc(Cl)cc1)C(CNC(=O)C(C)(C)Oc1nccc(C(F)(F)F)n1)c1cncc(Cl)c1. The predicted molar refractivity (Wildman–Crippen MR) is 127 cm³/mol. The van der Waals surface area contributed by atoms with Crippen LogP contribution in [0.2, 0.25) is 10.0 Å². The van der Waals surface area contributed by atoms with Gasteiger partial charge in [0.25, 0.3) is 5.91 Å². The Morgan fingerprint density at radius 3 is 2.37 bits per heavy atom. The van der Waals surface area contributed by atoms with E-state index in [2.05, 4.69) is 20.3 Å². The van der Waals surface area contributed by atoms with Gasteiger partial charge in [-0.25, -0.2) is 4.98 Å². The molecule has 1 amide bonds. The average Bonchev–Trinajstić information content (AvgIpc) is 2.79. The molecule has 0 saturated carbocycles. The van der Waals surface area contributed by atoms with Gasteiger partial charge in [-0.1, -0.05) is 42.3 Å². The Kier molecular flexibility index (Phi) is 8.22. The van der Waals surface area contributed by atoms with E-state index >= 15 is 0 Å². The first-order valence-corrected chi connectivity index (χ1v) is 11.4. The molecule has 2 heterocycles. The van der Waals surface area contributed by atoms with Gasteiger partial charge in [-0.15, -0.1) is 0 Å². The molecule has 3 aromatic rings. The van der Waals surface area contributed by atoms with Crippen LogP contribution in [0, 0.1) is 0 Å². The fourth-order valence-corrected chi connectivity index (χ4v) is 3.76. The van der Waals surface area contributed by atoms with Crippen molar-refractivity contribution in [2.45, 2.75) is 44.4 Å². The summed E-state index contributed by atoms with van der Waals surface area (Å²) in [6.45, 7) is 5.02. The summed E-state index contributed by atoms with van der Waals surface area (Å²) in [4.78, 5) is 24.2. The highest BCUT2D eigenvalue weighted by atomic mass is 35.5. The Hall–Kier alpha value is -2.91. The Morgan fingerprint density at radius 1 is 1.06 bits per heavy atom. The molecule has 2 atom stereocenters. The number of benzene rings is 1. The average molecular weight is 527 g/mol. The van der Waals surface area contributed by atoms with Gasteiger partial charge in [0.1, 0.15) is 0 Å². The number of nitrogens with zero attached hydrogens (tertiary/aromatic N) is 3. The number of alkyl halides is 3. The van der Waals surface area contributed by atoms with Crippen molar-refractivity contribution in [1.82, 2.24) is 20.3 Å². The summed E-state index contributed by atoms with van der Waals surface area (Å²) < 4.78 is 44.3. The molecule has 0 saturated heterocycles. The molecule has 0 fully saturated rings. The first kappa shape index (κ1) is 26.7. The highest BCUT2D eigenvalue weighted by Gasteiger charge is 2.36. The van der Waals surface area contributed by atoms with Crippen molar-refractivity contribution in [3.63, 3.8) is 0 Å². The minimum Gasteiger partial charge on any atom is -0.447 e. The molecule has 186 valence electrons. The van der Waals surface area contributed by atoms with E-state index in [1.165, 1.54) is 20.0 Å². The largest absolute Gasteiger partial charge is 0.447 e. The number of carbonyl (C=O) groups excluding carboxylic acids is 1. The molecule has 6 nitrogen and oxygen atoms in total. The van der Waals surface area contributed by atoms with Gasteiger partial charge in [0.2, 0.25) is 0 Å². The minimum atomic E-state index is -4.66. The lowest BCUT2D eigenvalue weighted by Gasteiger charge is -2.28. The van der Waals surface area contributed by atoms with Gasteiger partial charge in [0, 0.05) is 36.1 Å². The van der Waals surface area contributed by atoms with E-state index in [0.717, 1.165) is 23.4 Å². The molecule has 0 spiro atoms. The number of amides is 1. The summed E-state index contributed by atoms with van der Waals surface area (Å²) in [7, 11) is 0. The van der Waals surface area contributed by atoms with Crippen molar-refractivity contribution < 1.29 is 22.7 Å². The Bertz CT molecular complexity index is 1170. The second kappa shape index (κ2) is 10.8. The maximum atomic E-state index is 13.0. The number of carbonyl (C=O) groups is 1. The lowest BCUT2D eigenvalue weighted by Crippen LogP contribution is -2.48. The molecule has 0 bridgehead atoms. The van der Waals surface area contributed by atoms with Crippen LogP contribution in [-0.2, 0) is 11.0 Å². The Labute approximate surface area is 210 Å². The van der Waals surface area contributed by atoms with E-state index in [1.807, 2.05) is 19.1 Å². The van der Waals surface area contributed by atoms with E-state index in [0.29, 0.717) is 10.0 Å². The van der Waals surface area contributed by atoms with Crippen LogP contribution in [0.25, 0.3) is 0 Å². The molecule has 1 N–H and O–H groups in total. The van der Waals surface area contributed by atoms with Gasteiger partial charge in [-0.2, -0.15) is 18.2 Å². The number of rotatable bonds is 8. The molecule has 2 unspecified atom stereocenters. The summed E-state index contributed by atoms with van der Waals surface area (Å²) in [5.74, 6) is -0.850. The first-order valence-electron chi connectivity index (χ1n) is 10.6. The quantitative estimate of drug-likeness (QED) is 0.386. The topological polar surface area (TPSA) is 77.0 Å². The van der Waals surface area contributed by atoms with Crippen LogP contribution in [0.15, 0.2) is 55.0 Å². The van der Waals surface area contributed by atoms with Gasteiger partial charge < -0.3 is 10.1 Å². The van der Waals surface area contributed by atoms with Crippen LogP contribution in [0.1, 0.15) is 49.4 Å². The van der Waals surface area contributed by atoms with Crippen molar-refractivity contribution in [2.75, 3.05) is 6.54 Å². The van der Waals surface area contributed by atoms with Crippen LogP contribution >= 0.6 is 23.2 Å². The Balaban J connectivity index is 1.78. The van der Waals surface area contributed by atoms with Crippen molar-refractivity contribution in [2.24, 2.45) is 0 Å². The van der Waals surface area contributed by atoms with Crippen LogP contribution in [0.5, 0.6) is 6.01 Å². The van der Waals surface area contributed by atoms with Crippen molar-refractivity contribution in [3.8, 4) is 6.01 Å². The lowest BCUT2D eigenvalue weighted by molar-refractivity contribution is -0.142. The molecular formula is C24H23Cl2F3N4O2. The molecule has 11 heteroatoms. The van der Waals surface area contributed by atoms with Crippen molar-refractivity contribution >= 4 is 29.1 Å². The van der Waals surface area contributed by atoms with Gasteiger partial charge in [0.15, 0.2) is 11.3 Å². The summed E-state index contributed by atoms with van der Waals surface area (Å²) in [6.07, 6.45) is -0.550. The zero-order valence-corrected chi connectivity index (χ0v) is 20.6. The third-order valence-electron chi connectivity index (χ3n) is 5.45. The zero-order chi connectivity index (χ0) is 25.8. The highest BCUT2D eigenvalue weighted by Crippen LogP contribution is 2.34. The fourth-order valence-electron chi connectivity index (χ4n) is 3.45. The Morgan fingerprint density at radius 2 is 1.74 bits per heavy atom. The molecule has 0 aliphatic heterocycles. The summed E-state index contributed by atoms with van der Waals surface area (Å²) in [5.41, 5.74) is -0.920.